The largest absolute Gasteiger partial charge is 0.461 e. The van der Waals surface area contributed by atoms with Gasteiger partial charge in [0.1, 0.15) is 6.61 Å². The molecule has 0 fully saturated rings. The second-order valence-electron chi connectivity index (χ2n) is 3.49. The first-order valence-electron chi connectivity index (χ1n) is 4.48. The van der Waals surface area contributed by atoms with Crippen molar-refractivity contribution >= 4 is 5.97 Å². The van der Waals surface area contributed by atoms with E-state index in [1.807, 2.05) is 7.05 Å². The highest BCUT2D eigenvalue weighted by Crippen LogP contribution is 1.95. The fraction of sp³-hybridized carbons (Fsp3) is 0.700. The van der Waals surface area contributed by atoms with Crippen molar-refractivity contribution in [2.75, 3.05) is 20.2 Å². The van der Waals surface area contributed by atoms with Crippen molar-refractivity contribution in [1.82, 2.24) is 4.90 Å². The number of carbonyl (C=O) groups is 1. The molecule has 0 N–H and O–H groups in total. The second kappa shape index (κ2) is 5.75. The molecule has 3 heteroatoms. The van der Waals surface area contributed by atoms with E-state index in [2.05, 4.69) is 25.3 Å². The molecule has 0 unspecified atom stereocenters. The Morgan fingerprint density at radius 1 is 1.54 bits per heavy atom. The number of rotatable bonds is 5. The fourth-order valence-electron chi connectivity index (χ4n) is 0.664. The van der Waals surface area contributed by atoms with Gasteiger partial charge in [0.25, 0.3) is 0 Å². The SMILES string of the molecule is C=C(C)C(=O)OCCN(C)C(C)C. The first kappa shape index (κ1) is 12.2. The highest BCUT2D eigenvalue weighted by Gasteiger charge is 2.05. The second-order valence-corrected chi connectivity index (χ2v) is 3.49. The monoisotopic (exact) mass is 185 g/mol. The average Bonchev–Trinajstić information content (AvgIpc) is 2.03. The number of esters is 1. The smallest absolute Gasteiger partial charge is 0.333 e. The van der Waals surface area contributed by atoms with Crippen molar-refractivity contribution < 1.29 is 9.53 Å². The van der Waals surface area contributed by atoms with Crippen LogP contribution in [-0.4, -0.2) is 37.1 Å². The van der Waals surface area contributed by atoms with Gasteiger partial charge in [0.2, 0.25) is 0 Å². The summed E-state index contributed by atoms with van der Waals surface area (Å²) in [5.41, 5.74) is 0.451. The molecule has 0 aromatic carbocycles. The van der Waals surface area contributed by atoms with Gasteiger partial charge in [-0.05, 0) is 27.8 Å². The zero-order chi connectivity index (χ0) is 10.4. The summed E-state index contributed by atoms with van der Waals surface area (Å²) in [6.45, 7) is 10.5. The third-order valence-electron chi connectivity index (χ3n) is 1.91. The molecule has 0 rings (SSSR count). The van der Waals surface area contributed by atoms with E-state index in [9.17, 15) is 4.79 Å². The van der Waals surface area contributed by atoms with Crippen LogP contribution in [0.3, 0.4) is 0 Å². The molecule has 76 valence electrons. The van der Waals surface area contributed by atoms with Crippen LogP contribution < -0.4 is 0 Å². The first-order valence-corrected chi connectivity index (χ1v) is 4.48. The summed E-state index contributed by atoms with van der Waals surface area (Å²) < 4.78 is 4.94. The zero-order valence-corrected chi connectivity index (χ0v) is 8.96. The van der Waals surface area contributed by atoms with E-state index < -0.39 is 0 Å². The van der Waals surface area contributed by atoms with Crippen LogP contribution in [0, 0.1) is 0 Å². The maximum absolute atomic E-state index is 11.0. The number of ether oxygens (including phenoxy) is 1. The molecule has 0 radical (unpaired) electrons. The number of carbonyl (C=O) groups excluding carboxylic acids is 1. The molecule has 0 heterocycles. The Balaban J connectivity index is 3.56. The molecule has 0 spiro atoms. The molecular weight excluding hydrogens is 166 g/mol. The summed E-state index contributed by atoms with van der Waals surface area (Å²) in [4.78, 5) is 13.1. The van der Waals surface area contributed by atoms with Crippen LogP contribution in [0.15, 0.2) is 12.2 Å². The fourth-order valence-corrected chi connectivity index (χ4v) is 0.664. The van der Waals surface area contributed by atoms with Crippen LogP contribution >= 0.6 is 0 Å². The highest BCUT2D eigenvalue weighted by atomic mass is 16.5. The van der Waals surface area contributed by atoms with Gasteiger partial charge in [-0.3, -0.25) is 0 Å². The van der Waals surface area contributed by atoms with Gasteiger partial charge in [-0.1, -0.05) is 6.58 Å². The molecule has 0 saturated carbocycles. The maximum atomic E-state index is 11.0. The summed E-state index contributed by atoms with van der Waals surface area (Å²) in [6.07, 6.45) is 0. The molecule has 0 amide bonds. The van der Waals surface area contributed by atoms with E-state index in [0.717, 1.165) is 6.54 Å². The molecular formula is C10H19NO2. The third kappa shape index (κ3) is 5.42. The Labute approximate surface area is 80.4 Å². The summed E-state index contributed by atoms with van der Waals surface area (Å²) in [5, 5.41) is 0. The predicted molar refractivity (Wildman–Crippen MR) is 53.5 cm³/mol. The lowest BCUT2D eigenvalue weighted by Gasteiger charge is -2.20. The van der Waals surface area contributed by atoms with Crippen LogP contribution in [0.25, 0.3) is 0 Å². The number of nitrogens with zero attached hydrogens (tertiary/aromatic N) is 1. The molecule has 3 nitrogen and oxygen atoms in total. The van der Waals surface area contributed by atoms with Crippen molar-refractivity contribution in [2.24, 2.45) is 0 Å². The minimum atomic E-state index is -0.308. The molecule has 0 bridgehead atoms. The quantitative estimate of drug-likeness (QED) is 0.479. The van der Waals surface area contributed by atoms with E-state index in [-0.39, 0.29) is 5.97 Å². The van der Waals surface area contributed by atoms with Crippen molar-refractivity contribution in [3.05, 3.63) is 12.2 Å². The van der Waals surface area contributed by atoms with Gasteiger partial charge < -0.3 is 9.64 Å². The minimum Gasteiger partial charge on any atom is -0.461 e. The van der Waals surface area contributed by atoms with Crippen LogP contribution in [0.2, 0.25) is 0 Å². The minimum absolute atomic E-state index is 0.308. The van der Waals surface area contributed by atoms with Gasteiger partial charge >= 0.3 is 5.97 Å². The van der Waals surface area contributed by atoms with E-state index in [0.29, 0.717) is 18.2 Å². The van der Waals surface area contributed by atoms with Gasteiger partial charge in [0.05, 0.1) is 0 Å². The average molecular weight is 185 g/mol. The highest BCUT2D eigenvalue weighted by molar-refractivity contribution is 5.86. The molecule has 0 aliphatic rings. The van der Waals surface area contributed by atoms with Gasteiger partial charge in [0.15, 0.2) is 0 Å². The molecule has 0 aromatic heterocycles. The molecule has 0 aromatic rings. The Kier molecular flexibility index (Phi) is 5.39. The van der Waals surface area contributed by atoms with Crippen molar-refractivity contribution in [2.45, 2.75) is 26.8 Å². The summed E-state index contributed by atoms with van der Waals surface area (Å²) in [6, 6.07) is 0.475. The zero-order valence-electron chi connectivity index (χ0n) is 8.96. The molecule has 0 atom stereocenters. The van der Waals surface area contributed by atoms with Gasteiger partial charge in [0, 0.05) is 18.2 Å². The Morgan fingerprint density at radius 3 is 2.46 bits per heavy atom. The summed E-state index contributed by atoms with van der Waals surface area (Å²) in [7, 11) is 2.00. The van der Waals surface area contributed by atoms with Crippen molar-refractivity contribution in [3.8, 4) is 0 Å². The van der Waals surface area contributed by atoms with E-state index >= 15 is 0 Å². The lowest BCUT2D eigenvalue weighted by atomic mass is 10.3. The Hall–Kier alpha value is -0.830. The van der Waals surface area contributed by atoms with Crippen LogP contribution in [0.4, 0.5) is 0 Å². The third-order valence-corrected chi connectivity index (χ3v) is 1.91. The lowest BCUT2D eigenvalue weighted by molar-refractivity contribution is -0.139. The molecule has 0 aliphatic carbocycles. The molecule has 13 heavy (non-hydrogen) atoms. The topological polar surface area (TPSA) is 29.5 Å². The van der Waals surface area contributed by atoms with Crippen molar-refractivity contribution in [3.63, 3.8) is 0 Å². The van der Waals surface area contributed by atoms with Crippen LogP contribution in [0.1, 0.15) is 20.8 Å². The van der Waals surface area contributed by atoms with E-state index in [1.165, 1.54) is 0 Å². The predicted octanol–water partition coefficient (Wildman–Crippen LogP) is 1.45. The van der Waals surface area contributed by atoms with Gasteiger partial charge in [-0.25, -0.2) is 4.79 Å². The molecule has 0 aliphatic heterocycles. The van der Waals surface area contributed by atoms with E-state index in [1.54, 1.807) is 6.92 Å². The normalized spacial score (nSPS) is 10.6. The van der Waals surface area contributed by atoms with E-state index in [4.69, 9.17) is 4.74 Å². The number of hydrogen-bond donors (Lipinski definition) is 0. The summed E-state index contributed by atoms with van der Waals surface area (Å²) >= 11 is 0. The molecule has 0 saturated heterocycles. The standard InChI is InChI=1S/C10H19NO2/c1-8(2)10(12)13-7-6-11(5)9(3)4/h9H,1,6-7H2,2-5H3. The summed E-state index contributed by atoms with van der Waals surface area (Å²) in [5.74, 6) is -0.308. The lowest BCUT2D eigenvalue weighted by Crippen LogP contribution is -2.30. The van der Waals surface area contributed by atoms with Gasteiger partial charge in [-0.15, -0.1) is 0 Å². The Bertz CT molecular complexity index is 187. The van der Waals surface area contributed by atoms with Gasteiger partial charge in [-0.2, -0.15) is 0 Å². The van der Waals surface area contributed by atoms with Crippen LogP contribution in [0.5, 0.6) is 0 Å². The van der Waals surface area contributed by atoms with Crippen LogP contribution in [-0.2, 0) is 9.53 Å². The number of likely N-dealkylation sites (N-methyl/N-ethyl adjacent to an activating group) is 1. The van der Waals surface area contributed by atoms with Crippen molar-refractivity contribution in [1.29, 1.82) is 0 Å². The number of hydrogen-bond acceptors (Lipinski definition) is 3. The first-order chi connectivity index (χ1) is 5.95. The maximum Gasteiger partial charge on any atom is 0.333 e. The Morgan fingerprint density at radius 2 is 2.08 bits per heavy atom.